The summed E-state index contributed by atoms with van der Waals surface area (Å²) in [4.78, 5) is 39.0. The number of Topliss-reactive ketones (excluding diaryl/α,β-unsaturated/α-hetero) is 3. The first-order valence-electron chi connectivity index (χ1n) is 9.51. The second-order valence-corrected chi connectivity index (χ2v) is 8.73. The molecule has 0 amide bonds. The molecule has 0 saturated heterocycles. The molecule has 0 unspecified atom stereocenters. The number of carbonyl (C=O) groups is 3. The quantitative estimate of drug-likeness (QED) is 0.646. The maximum absolute atomic E-state index is 13.2. The molecule has 0 atom stereocenters. The van der Waals surface area contributed by atoms with E-state index in [-0.39, 0.29) is 11.3 Å². The molecular formula is C24H24F2O3. The van der Waals surface area contributed by atoms with Crippen LogP contribution in [0.4, 0.5) is 8.78 Å². The molecule has 1 fully saturated rings. The lowest BCUT2D eigenvalue weighted by atomic mass is 9.57. The average Bonchev–Trinajstić information content (AvgIpc) is 2.67. The van der Waals surface area contributed by atoms with Gasteiger partial charge in [0.2, 0.25) is 0 Å². The van der Waals surface area contributed by atoms with Crippen LogP contribution in [0.25, 0.3) is 11.1 Å². The molecule has 0 bridgehead atoms. The summed E-state index contributed by atoms with van der Waals surface area (Å²) in [7, 11) is 0. The SMILES string of the molecule is Cc1ccc(-c2ccc(C(F)F)cc2)cc1C1C(=O)C(C)(C)C(=O)C(C)(C)C1=O. The summed E-state index contributed by atoms with van der Waals surface area (Å²) in [6, 6.07) is 11.3. The molecule has 0 aliphatic heterocycles. The average molecular weight is 398 g/mol. The van der Waals surface area contributed by atoms with Gasteiger partial charge in [-0.05, 0) is 62.9 Å². The van der Waals surface area contributed by atoms with Gasteiger partial charge in [0.1, 0.15) is 5.92 Å². The molecule has 0 aromatic heterocycles. The minimum Gasteiger partial charge on any atom is -0.298 e. The summed E-state index contributed by atoms with van der Waals surface area (Å²) in [5.74, 6) is -2.20. The van der Waals surface area contributed by atoms with Crippen molar-refractivity contribution < 1.29 is 23.2 Å². The fraction of sp³-hybridized carbons (Fsp3) is 0.375. The van der Waals surface area contributed by atoms with E-state index in [1.54, 1.807) is 45.9 Å². The van der Waals surface area contributed by atoms with E-state index in [1.165, 1.54) is 12.1 Å². The van der Waals surface area contributed by atoms with E-state index in [9.17, 15) is 23.2 Å². The van der Waals surface area contributed by atoms with Gasteiger partial charge in [0.25, 0.3) is 6.43 Å². The standard InChI is InChI=1S/C24H24F2O3/c1-13-6-7-16(14-8-10-15(11-9-14)21(25)26)12-17(13)18-19(27)23(2,3)22(29)24(4,5)20(18)28/h6-12,18,21H,1-5H3. The van der Waals surface area contributed by atoms with Crippen LogP contribution in [0.3, 0.4) is 0 Å². The van der Waals surface area contributed by atoms with Crippen molar-refractivity contribution in [1.29, 1.82) is 0 Å². The third kappa shape index (κ3) is 3.33. The second kappa shape index (κ2) is 6.97. The highest BCUT2D eigenvalue weighted by atomic mass is 19.3. The predicted molar refractivity (Wildman–Crippen MR) is 107 cm³/mol. The number of benzene rings is 2. The first-order valence-corrected chi connectivity index (χ1v) is 9.51. The van der Waals surface area contributed by atoms with Crippen molar-refractivity contribution in [3.8, 4) is 11.1 Å². The number of hydrogen-bond donors (Lipinski definition) is 0. The van der Waals surface area contributed by atoms with Gasteiger partial charge in [0.05, 0.1) is 10.8 Å². The van der Waals surface area contributed by atoms with Crippen molar-refractivity contribution in [3.63, 3.8) is 0 Å². The smallest absolute Gasteiger partial charge is 0.263 e. The van der Waals surface area contributed by atoms with Crippen molar-refractivity contribution in [1.82, 2.24) is 0 Å². The van der Waals surface area contributed by atoms with Crippen LogP contribution in [0.1, 0.15) is 56.7 Å². The molecule has 152 valence electrons. The number of hydrogen-bond acceptors (Lipinski definition) is 3. The number of carbonyl (C=O) groups excluding carboxylic acids is 3. The summed E-state index contributed by atoms with van der Waals surface area (Å²) >= 11 is 0. The van der Waals surface area contributed by atoms with Crippen LogP contribution >= 0.6 is 0 Å². The molecule has 0 spiro atoms. The highest BCUT2D eigenvalue weighted by Gasteiger charge is 2.58. The molecule has 3 rings (SSSR count). The van der Waals surface area contributed by atoms with Crippen LogP contribution in [-0.4, -0.2) is 17.3 Å². The van der Waals surface area contributed by atoms with Crippen LogP contribution in [0.2, 0.25) is 0 Å². The van der Waals surface area contributed by atoms with Crippen molar-refractivity contribution in [3.05, 3.63) is 59.2 Å². The second-order valence-electron chi connectivity index (χ2n) is 8.73. The van der Waals surface area contributed by atoms with Gasteiger partial charge in [-0.25, -0.2) is 8.78 Å². The lowest BCUT2D eigenvalue weighted by Crippen LogP contribution is -2.56. The van der Waals surface area contributed by atoms with Crippen molar-refractivity contribution in [2.75, 3.05) is 0 Å². The fourth-order valence-corrected chi connectivity index (χ4v) is 4.08. The van der Waals surface area contributed by atoms with E-state index < -0.39 is 34.7 Å². The van der Waals surface area contributed by atoms with Gasteiger partial charge in [-0.3, -0.25) is 14.4 Å². The topological polar surface area (TPSA) is 51.2 Å². The number of ketones is 3. The minimum absolute atomic E-state index is 0.0688. The van der Waals surface area contributed by atoms with E-state index in [0.717, 1.165) is 11.1 Å². The molecule has 5 heteroatoms. The van der Waals surface area contributed by atoms with Gasteiger partial charge in [-0.15, -0.1) is 0 Å². The summed E-state index contributed by atoms with van der Waals surface area (Å²) < 4.78 is 25.6. The Morgan fingerprint density at radius 1 is 0.793 bits per heavy atom. The lowest BCUT2D eigenvalue weighted by Gasteiger charge is -2.41. The van der Waals surface area contributed by atoms with Gasteiger partial charge in [0.15, 0.2) is 17.3 Å². The van der Waals surface area contributed by atoms with Gasteiger partial charge < -0.3 is 0 Å². The molecule has 0 heterocycles. The predicted octanol–water partition coefficient (Wildman–Crippen LogP) is 5.46. The summed E-state index contributed by atoms with van der Waals surface area (Å²) in [6.07, 6.45) is -2.54. The Hall–Kier alpha value is -2.69. The molecule has 2 aromatic carbocycles. The third-order valence-electron chi connectivity index (χ3n) is 5.98. The summed E-state index contributed by atoms with van der Waals surface area (Å²) in [6.45, 7) is 8.10. The van der Waals surface area contributed by atoms with Crippen LogP contribution in [0.5, 0.6) is 0 Å². The third-order valence-corrected chi connectivity index (χ3v) is 5.98. The minimum atomic E-state index is -2.54. The van der Waals surface area contributed by atoms with Crippen molar-refractivity contribution in [2.45, 2.75) is 47.0 Å². The molecular weight excluding hydrogens is 374 g/mol. The van der Waals surface area contributed by atoms with E-state index in [4.69, 9.17) is 0 Å². The zero-order chi connectivity index (χ0) is 21.7. The zero-order valence-electron chi connectivity index (χ0n) is 17.2. The molecule has 1 aliphatic rings. The van der Waals surface area contributed by atoms with Crippen LogP contribution < -0.4 is 0 Å². The Labute approximate surface area is 169 Å². The maximum Gasteiger partial charge on any atom is 0.263 e. The van der Waals surface area contributed by atoms with Crippen molar-refractivity contribution >= 4 is 17.3 Å². The highest BCUT2D eigenvalue weighted by molar-refractivity contribution is 6.30. The van der Waals surface area contributed by atoms with E-state index in [2.05, 4.69) is 0 Å². The Kier molecular flexibility index (Phi) is 5.06. The molecule has 1 aliphatic carbocycles. The maximum atomic E-state index is 13.2. The Bertz CT molecular complexity index is 971. The normalized spacial score (nSPS) is 19.1. The van der Waals surface area contributed by atoms with Gasteiger partial charge in [0, 0.05) is 5.56 Å². The van der Waals surface area contributed by atoms with Crippen LogP contribution in [0.15, 0.2) is 42.5 Å². The molecule has 3 nitrogen and oxygen atoms in total. The highest BCUT2D eigenvalue weighted by Crippen LogP contribution is 2.45. The van der Waals surface area contributed by atoms with E-state index >= 15 is 0 Å². The Morgan fingerprint density at radius 2 is 1.28 bits per heavy atom. The fourth-order valence-electron chi connectivity index (χ4n) is 4.08. The molecule has 1 saturated carbocycles. The first-order chi connectivity index (χ1) is 13.4. The zero-order valence-corrected chi connectivity index (χ0v) is 17.2. The number of alkyl halides is 2. The molecule has 29 heavy (non-hydrogen) atoms. The first kappa shape index (κ1) is 21.0. The monoisotopic (exact) mass is 398 g/mol. The molecule has 0 N–H and O–H groups in total. The Morgan fingerprint density at radius 3 is 1.76 bits per heavy atom. The summed E-state index contributed by atoms with van der Waals surface area (Å²) in [5, 5.41) is 0. The van der Waals surface area contributed by atoms with Gasteiger partial charge in [-0.1, -0.05) is 36.4 Å². The van der Waals surface area contributed by atoms with E-state index in [0.29, 0.717) is 11.1 Å². The number of halogens is 2. The van der Waals surface area contributed by atoms with Gasteiger partial charge in [-0.2, -0.15) is 0 Å². The van der Waals surface area contributed by atoms with Crippen LogP contribution in [-0.2, 0) is 14.4 Å². The number of aryl methyl sites for hydroxylation is 1. The summed E-state index contributed by atoms with van der Waals surface area (Å²) in [5.41, 5.74) is 0.170. The van der Waals surface area contributed by atoms with Gasteiger partial charge >= 0.3 is 0 Å². The molecule has 0 radical (unpaired) electrons. The Balaban J connectivity index is 2.11. The van der Waals surface area contributed by atoms with E-state index in [1.807, 2.05) is 19.1 Å². The largest absolute Gasteiger partial charge is 0.298 e. The van der Waals surface area contributed by atoms with Crippen LogP contribution in [0, 0.1) is 17.8 Å². The molecule has 2 aromatic rings. The lowest BCUT2D eigenvalue weighted by molar-refractivity contribution is -0.157. The van der Waals surface area contributed by atoms with Crippen molar-refractivity contribution in [2.24, 2.45) is 10.8 Å². The number of rotatable bonds is 3.